The summed E-state index contributed by atoms with van der Waals surface area (Å²) in [6.45, 7) is 12.1. The van der Waals surface area contributed by atoms with E-state index in [1.807, 2.05) is 19.9 Å². The summed E-state index contributed by atoms with van der Waals surface area (Å²) in [5.74, 6) is -0.00790. The number of anilines is 1. The molecular formula is C30H39FN2O5S. The molecule has 39 heavy (non-hydrogen) atoms. The van der Waals surface area contributed by atoms with E-state index < -0.39 is 27.0 Å². The van der Waals surface area contributed by atoms with Gasteiger partial charge in [-0.1, -0.05) is 26.8 Å². The largest absolute Gasteiger partial charge is 0.493 e. The summed E-state index contributed by atoms with van der Waals surface area (Å²) in [6.07, 6.45) is 2.01. The first kappa shape index (κ1) is 27.9. The Morgan fingerprint density at radius 1 is 1.18 bits per heavy atom. The lowest BCUT2D eigenvalue weighted by molar-refractivity contribution is 0.0782. The predicted molar refractivity (Wildman–Crippen MR) is 150 cm³/mol. The van der Waals surface area contributed by atoms with Gasteiger partial charge in [0.2, 0.25) is 10.0 Å². The van der Waals surface area contributed by atoms with E-state index in [2.05, 4.69) is 30.4 Å². The first-order chi connectivity index (χ1) is 18.3. The van der Waals surface area contributed by atoms with E-state index in [0.717, 1.165) is 24.9 Å². The van der Waals surface area contributed by atoms with Crippen molar-refractivity contribution in [3.63, 3.8) is 0 Å². The number of nitrogens with zero attached hydrogens (tertiary/aromatic N) is 1. The van der Waals surface area contributed by atoms with Crippen LogP contribution in [0.4, 0.5) is 10.1 Å². The maximum absolute atomic E-state index is 14.6. The molecule has 1 N–H and O–H groups in total. The second kappa shape index (κ2) is 10.4. The maximum Gasteiger partial charge on any atom is 0.266 e. The van der Waals surface area contributed by atoms with E-state index in [0.29, 0.717) is 48.5 Å². The van der Waals surface area contributed by atoms with Crippen LogP contribution in [0.5, 0.6) is 5.75 Å². The van der Waals surface area contributed by atoms with Crippen LogP contribution in [0.2, 0.25) is 0 Å². The molecule has 1 saturated carbocycles. The third-order valence-electron chi connectivity index (χ3n) is 8.16. The number of hydrogen-bond donors (Lipinski definition) is 1. The quantitative estimate of drug-likeness (QED) is 0.468. The molecule has 2 aromatic rings. The van der Waals surface area contributed by atoms with Gasteiger partial charge in [0.15, 0.2) is 0 Å². The lowest BCUT2D eigenvalue weighted by Gasteiger charge is -2.35. The number of amides is 1. The molecule has 2 heterocycles. The lowest BCUT2D eigenvalue weighted by Crippen LogP contribution is -2.43. The van der Waals surface area contributed by atoms with Crippen LogP contribution in [0, 0.1) is 23.6 Å². The number of halogens is 1. The maximum atomic E-state index is 14.6. The zero-order valence-corrected chi connectivity index (χ0v) is 24.2. The van der Waals surface area contributed by atoms with Crippen LogP contribution in [0.15, 0.2) is 36.4 Å². The average Bonchev–Trinajstić information content (AvgIpc) is 3.56. The van der Waals surface area contributed by atoms with Crippen LogP contribution in [-0.4, -0.2) is 51.0 Å². The van der Waals surface area contributed by atoms with Crippen molar-refractivity contribution in [2.24, 2.45) is 17.8 Å². The third kappa shape index (κ3) is 5.80. The molecule has 3 unspecified atom stereocenters. The number of fused-ring (bicyclic) bond motifs is 2. The van der Waals surface area contributed by atoms with Gasteiger partial charge in [-0.2, -0.15) is 0 Å². The Morgan fingerprint density at radius 3 is 2.56 bits per heavy atom. The van der Waals surface area contributed by atoms with Crippen LogP contribution in [0.3, 0.4) is 0 Å². The molecule has 0 radical (unpaired) electrons. The van der Waals surface area contributed by atoms with Gasteiger partial charge in [0.05, 0.1) is 35.8 Å². The minimum Gasteiger partial charge on any atom is -0.493 e. The molecular weight excluding hydrogens is 519 g/mol. The molecule has 212 valence electrons. The molecule has 1 amide bonds. The minimum absolute atomic E-state index is 0.0471. The number of carbonyl (C=O) groups is 1. The van der Waals surface area contributed by atoms with E-state index in [1.165, 1.54) is 12.1 Å². The van der Waals surface area contributed by atoms with E-state index >= 15 is 0 Å². The van der Waals surface area contributed by atoms with Crippen LogP contribution in [0.25, 0.3) is 11.1 Å². The number of hydrogen-bond acceptors (Lipinski definition) is 6. The third-order valence-corrected chi connectivity index (χ3v) is 10.0. The van der Waals surface area contributed by atoms with Crippen LogP contribution in [0.1, 0.15) is 64.2 Å². The molecule has 2 aromatic carbocycles. The van der Waals surface area contributed by atoms with Gasteiger partial charge in [0, 0.05) is 24.1 Å². The number of nitrogens with one attached hydrogen (secondary N) is 1. The van der Waals surface area contributed by atoms with E-state index in [1.54, 1.807) is 18.2 Å². The van der Waals surface area contributed by atoms with Gasteiger partial charge in [-0.3, -0.25) is 4.79 Å². The van der Waals surface area contributed by atoms with Crippen molar-refractivity contribution < 1.29 is 27.1 Å². The van der Waals surface area contributed by atoms with Gasteiger partial charge in [-0.15, -0.1) is 0 Å². The molecule has 0 spiro atoms. The standard InChI is InChI=1S/C30H39FN2O5S/c1-18(2)16-37-24-9-21(8-23(31)12-24)20-6-7-26(27(11-20)33-15-19(3)14-30(33,4)5)29(34)32-39(35,36)28-13-25-10-22(28)17-38-25/h6-9,11-12,18-19,22,25,28H,10,13-17H2,1-5H3,(H,32,34)/t19-,22?,25?,28?/m1/s1. The Morgan fingerprint density at radius 2 is 1.95 bits per heavy atom. The van der Waals surface area contributed by atoms with E-state index in [9.17, 15) is 17.6 Å². The van der Waals surface area contributed by atoms with Gasteiger partial charge in [-0.05, 0) is 80.3 Å². The fourth-order valence-corrected chi connectivity index (χ4v) is 8.15. The Hall–Kier alpha value is -2.65. The molecule has 3 fully saturated rings. The fraction of sp³-hybridized carbons (Fsp3) is 0.567. The second-order valence-electron chi connectivity index (χ2n) is 12.5. The Balaban J connectivity index is 1.50. The molecule has 3 aliphatic rings. The van der Waals surface area contributed by atoms with E-state index in [-0.39, 0.29) is 23.1 Å². The van der Waals surface area contributed by atoms with Crippen molar-refractivity contribution >= 4 is 21.6 Å². The van der Waals surface area contributed by atoms with Crippen LogP contribution in [-0.2, 0) is 14.8 Å². The smallest absolute Gasteiger partial charge is 0.266 e. The van der Waals surface area contributed by atoms with Gasteiger partial charge >= 0.3 is 0 Å². The number of sulfonamides is 1. The summed E-state index contributed by atoms with van der Waals surface area (Å²) in [5.41, 5.74) is 2.03. The zero-order valence-electron chi connectivity index (χ0n) is 23.4. The summed E-state index contributed by atoms with van der Waals surface area (Å²) in [7, 11) is -3.87. The van der Waals surface area contributed by atoms with Crippen molar-refractivity contribution in [2.45, 2.75) is 70.8 Å². The number of ether oxygens (including phenoxy) is 2. The summed E-state index contributed by atoms with van der Waals surface area (Å²) >= 11 is 0. The molecule has 5 rings (SSSR count). The summed E-state index contributed by atoms with van der Waals surface area (Å²) in [5, 5.41) is -0.622. The van der Waals surface area contributed by atoms with Gasteiger partial charge < -0.3 is 14.4 Å². The summed E-state index contributed by atoms with van der Waals surface area (Å²) in [6, 6.07) is 9.87. The highest BCUT2D eigenvalue weighted by Crippen LogP contribution is 2.42. The van der Waals surface area contributed by atoms with Crippen molar-refractivity contribution in [2.75, 3.05) is 24.7 Å². The topological polar surface area (TPSA) is 84.9 Å². The van der Waals surface area contributed by atoms with Crippen molar-refractivity contribution in [1.82, 2.24) is 4.72 Å². The fourth-order valence-electron chi connectivity index (χ4n) is 6.46. The summed E-state index contributed by atoms with van der Waals surface area (Å²) in [4.78, 5) is 15.7. The molecule has 1 aliphatic carbocycles. The normalized spacial score (nSPS) is 25.9. The van der Waals surface area contributed by atoms with E-state index in [4.69, 9.17) is 9.47 Å². The van der Waals surface area contributed by atoms with Crippen molar-refractivity contribution in [1.29, 1.82) is 0 Å². The Kier molecular flexibility index (Phi) is 7.44. The highest BCUT2D eigenvalue weighted by atomic mass is 32.2. The van der Waals surface area contributed by atoms with Crippen molar-refractivity contribution in [3.05, 3.63) is 47.8 Å². The van der Waals surface area contributed by atoms with Gasteiger partial charge in [-0.25, -0.2) is 17.5 Å². The number of benzene rings is 2. The molecule has 9 heteroatoms. The first-order valence-corrected chi connectivity index (χ1v) is 15.4. The second-order valence-corrected chi connectivity index (χ2v) is 14.4. The lowest BCUT2D eigenvalue weighted by atomic mass is 9.96. The van der Waals surface area contributed by atoms with Crippen LogP contribution >= 0.6 is 0 Å². The number of carbonyl (C=O) groups excluding carboxylic acids is 1. The molecule has 2 bridgehead atoms. The molecule has 2 aliphatic heterocycles. The molecule has 7 nitrogen and oxygen atoms in total. The Labute approximate surface area is 231 Å². The molecule has 0 aromatic heterocycles. The molecule has 2 saturated heterocycles. The Bertz CT molecular complexity index is 1360. The highest BCUT2D eigenvalue weighted by molar-refractivity contribution is 7.90. The SMILES string of the molecule is CC(C)COc1cc(F)cc(-c2ccc(C(=O)NS(=O)(=O)C3CC4CC3CO4)c(N3C[C@H](C)CC3(C)C)c2)c1. The van der Waals surface area contributed by atoms with Crippen LogP contribution < -0.4 is 14.4 Å². The first-order valence-electron chi connectivity index (χ1n) is 13.9. The highest BCUT2D eigenvalue weighted by Gasteiger charge is 2.48. The summed E-state index contributed by atoms with van der Waals surface area (Å²) < 4.78 is 54.8. The monoisotopic (exact) mass is 558 g/mol. The van der Waals surface area contributed by atoms with Crippen molar-refractivity contribution in [3.8, 4) is 16.9 Å². The zero-order chi connectivity index (χ0) is 28.1. The van der Waals surface area contributed by atoms with Gasteiger partial charge in [0.1, 0.15) is 11.6 Å². The number of rotatable bonds is 8. The molecule has 4 atom stereocenters. The predicted octanol–water partition coefficient (Wildman–Crippen LogP) is 5.39. The minimum atomic E-state index is -3.87. The average molecular weight is 559 g/mol. The van der Waals surface area contributed by atoms with Gasteiger partial charge in [0.25, 0.3) is 5.91 Å².